The first-order chi connectivity index (χ1) is 3.06. The Hall–Kier alpha value is 0.790. The number of aliphatic hydroxyl groups is 3. The third-order valence-corrected chi connectivity index (χ3v) is 1.24. The summed E-state index contributed by atoms with van der Waals surface area (Å²) in [6, 6.07) is 0. The largest absolute Gasteiger partial charge is 0.343 e. The summed E-state index contributed by atoms with van der Waals surface area (Å²) in [5, 5.41) is 24.4. The molecule has 0 bridgehead atoms. The van der Waals surface area contributed by atoms with Gasteiger partial charge in [0.25, 0.3) is 5.97 Å². The van der Waals surface area contributed by atoms with Gasteiger partial charge < -0.3 is 15.3 Å². The van der Waals surface area contributed by atoms with Gasteiger partial charge >= 0.3 is 0 Å². The van der Waals surface area contributed by atoms with Crippen LogP contribution in [0.2, 0.25) is 0 Å². The minimum absolute atomic E-state index is 0. The second-order valence-corrected chi connectivity index (χ2v) is 2.37. The van der Waals surface area contributed by atoms with E-state index in [4.69, 9.17) is 15.3 Å². The second-order valence-electron chi connectivity index (χ2n) is 1.30. The van der Waals surface area contributed by atoms with Gasteiger partial charge in [-0.25, -0.2) is 0 Å². The fraction of sp³-hybridized carbons (Fsp3) is 1.00. The van der Waals surface area contributed by atoms with Crippen molar-refractivity contribution in [3.63, 3.8) is 0 Å². The highest BCUT2D eigenvalue weighted by atomic mass is 79.9. The molecule has 0 rings (SSSR count). The Morgan fingerprint density at radius 3 is 1.75 bits per heavy atom. The van der Waals surface area contributed by atoms with Crippen LogP contribution in [-0.2, 0) is 0 Å². The lowest BCUT2D eigenvalue weighted by atomic mass is 10.7. The van der Waals surface area contributed by atoms with Crippen LogP contribution in [0.15, 0.2) is 0 Å². The lowest BCUT2D eigenvalue weighted by molar-refractivity contribution is -0.293. The topological polar surface area (TPSA) is 60.7 Å². The van der Waals surface area contributed by atoms with Crippen LogP contribution in [-0.4, -0.2) is 34.1 Å². The van der Waals surface area contributed by atoms with E-state index in [-0.39, 0.29) is 23.1 Å². The maximum Gasteiger partial charge on any atom is 0.279 e. The number of hydrogen-bond donors (Lipinski definition) is 3. The first-order valence-electron chi connectivity index (χ1n) is 1.88. The van der Waals surface area contributed by atoms with Gasteiger partial charge in [0.15, 0.2) is 0 Å². The predicted octanol–water partition coefficient (Wildman–Crippen LogP) is -0.497. The van der Waals surface area contributed by atoms with E-state index in [9.17, 15) is 0 Å². The monoisotopic (exact) mass is 204 g/mol. The van der Waals surface area contributed by atoms with Crippen molar-refractivity contribution in [3.8, 4) is 0 Å². The van der Waals surface area contributed by atoms with Gasteiger partial charge in [0, 0.05) is 6.16 Å². The Bertz CT molecular complexity index is 53.0. The molecule has 0 amide bonds. The van der Waals surface area contributed by atoms with Gasteiger partial charge in [-0.15, -0.1) is 25.6 Å². The van der Waals surface area contributed by atoms with Crippen LogP contribution < -0.4 is 0 Å². The molecule has 0 aromatic rings. The van der Waals surface area contributed by atoms with Gasteiger partial charge in [-0.05, 0) is 6.66 Å². The van der Waals surface area contributed by atoms with Crippen molar-refractivity contribution in [1.82, 2.24) is 0 Å². The Morgan fingerprint density at radius 2 is 1.75 bits per heavy atom. The van der Waals surface area contributed by atoms with Gasteiger partial charge in [-0.3, -0.25) is 0 Å². The maximum atomic E-state index is 8.14. The third-order valence-electron chi connectivity index (χ3n) is 0.414. The lowest BCUT2D eigenvalue weighted by Crippen LogP contribution is -2.29. The summed E-state index contributed by atoms with van der Waals surface area (Å²) in [5.41, 5.74) is 0. The zero-order valence-electron chi connectivity index (χ0n) is 4.46. The molecule has 3 N–H and O–H groups in total. The summed E-state index contributed by atoms with van der Waals surface area (Å²) < 4.78 is 0. The highest BCUT2D eigenvalue weighted by Gasteiger charge is 2.14. The van der Waals surface area contributed by atoms with Gasteiger partial charge in [0.05, 0.1) is 0 Å². The summed E-state index contributed by atoms with van der Waals surface area (Å²) in [7, 11) is 0.359. The fourth-order valence-electron chi connectivity index (χ4n) is 0.237. The minimum Gasteiger partial charge on any atom is -0.343 e. The van der Waals surface area contributed by atoms with Crippen molar-refractivity contribution in [2.75, 3.05) is 12.8 Å². The Balaban J connectivity index is 0. The van der Waals surface area contributed by atoms with Crippen molar-refractivity contribution >= 4 is 25.6 Å². The molecule has 0 spiro atoms. The Kier molecular flexibility index (Phi) is 6.72. The van der Waals surface area contributed by atoms with Crippen molar-refractivity contribution in [3.05, 3.63) is 0 Å². The summed E-state index contributed by atoms with van der Waals surface area (Å²) in [6.45, 7) is 1.78. The highest BCUT2D eigenvalue weighted by Crippen LogP contribution is 2.08. The van der Waals surface area contributed by atoms with Gasteiger partial charge in [0.1, 0.15) is 0 Å². The van der Waals surface area contributed by atoms with Crippen LogP contribution in [0, 0.1) is 0 Å². The van der Waals surface area contributed by atoms with Crippen LogP contribution in [0.1, 0.15) is 0 Å². The summed E-state index contributed by atoms with van der Waals surface area (Å²) in [5.74, 6) is -2.44. The quantitative estimate of drug-likeness (QED) is 0.420. The summed E-state index contributed by atoms with van der Waals surface area (Å²) in [4.78, 5) is 0. The molecule has 0 aliphatic heterocycles. The molecule has 8 heavy (non-hydrogen) atoms. The molecule has 0 saturated carbocycles. The van der Waals surface area contributed by atoms with Crippen LogP contribution in [0.3, 0.4) is 0 Å². The molecular weight excluding hydrogens is 195 g/mol. The molecule has 1 atom stereocenters. The number of halogens is 1. The molecule has 3 nitrogen and oxygen atoms in total. The highest BCUT2D eigenvalue weighted by molar-refractivity contribution is 8.93. The predicted molar refractivity (Wildman–Crippen MR) is 38.8 cm³/mol. The van der Waals surface area contributed by atoms with E-state index >= 15 is 0 Å². The molecule has 52 valence electrons. The van der Waals surface area contributed by atoms with Crippen molar-refractivity contribution in [2.45, 2.75) is 5.97 Å². The summed E-state index contributed by atoms with van der Waals surface area (Å²) in [6.07, 6.45) is 0.0347. The van der Waals surface area contributed by atoms with Crippen molar-refractivity contribution < 1.29 is 15.3 Å². The minimum atomic E-state index is -2.44. The molecule has 0 aromatic carbocycles. The smallest absolute Gasteiger partial charge is 0.279 e. The van der Waals surface area contributed by atoms with E-state index in [0.717, 1.165) is 0 Å². The average molecular weight is 205 g/mol. The van der Waals surface area contributed by atoms with Gasteiger partial charge in [-0.2, -0.15) is 0 Å². The molecule has 0 fully saturated rings. The number of rotatable bonds is 2. The zero-order valence-corrected chi connectivity index (χ0v) is 7.17. The third kappa shape index (κ3) is 9.92. The van der Waals surface area contributed by atoms with E-state index in [0.29, 0.717) is 8.58 Å². The maximum absolute atomic E-state index is 8.14. The SMILES string of the molecule is Br.CPCC(O)(O)O. The first-order valence-corrected chi connectivity index (χ1v) is 3.59. The molecule has 1 unspecified atom stereocenters. The van der Waals surface area contributed by atoms with E-state index in [2.05, 4.69) is 0 Å². The Morgan fingerprint density at radius 1 is 1.38 bits per heavy atom. The molecule has 0 saturated heterocycles. The normalized spacial score (nSPS) is 12.0. The zero-order chi connectivity index (χ0) is 5.91. The first kappa shape index (κ1) is 11.6. The van der Waals surface area contributed by atoms with E-state index in [1.165, 1.54) is 0 Å². The summed E-state index contributed by atoms with van der Waals surface area (Å²) >= 11 is 0. The molecule has 0 aliphatic rings. The molecule has 0 aliphatic carbocycles. The van der Waals surface area contributed by atoms with Crippen LogP contribution in [0.25, 0.3) is 0 Å². The standard InChI is InChI=1S/C3H9O3P.BrH/c1-7-2-3(4,5)6;/h4-7H,2H2,1H3;1H. The van der Waals surface area contributed by atoms with E-state index < -0.39 is 5.97 Å². The van der Waals surface area contributed by atoms with Crippen LogP contribution in [0.5, 0.6) is 0 Å². The lowest BCUT2D eigenvalue weighted by Gasteiger charge is -2.10. The second kappa shape index (κ2) is 4.65. The average Bonchev–Trinajstić information content (AvgIpc) is 1.30. The van der Waals surface area contributed by atoms with Gasteiger partial charge in [0.2, 0.25) is 0 Å². The molecule has 0 radical (unpaired) electrons. The van der Waals surface area contributed by atoms with Crippen LogP contribution >= 0.6 is 25.6 Å². The number of hydrogen-bond acceptors (Lipinski definition) is 3. The Labute approximate surface area is 60.3 Å². The van der Waals surface area contributed by atoms with Crippen molar-refractivity contribution in [1.29, 1.82) is 0 Å². The molecule has 0 heterocycles. The van der Waals surface area contributed by atoms with Gasteiger partial charge in [-0.1, -0.05) is 0 Å². The van der Waals surface area contributed by atoms with Crippen LogP contribution in [0.4, 0.5) is 0 Å². The molecule has 5 heteroatoms. The molecular formula is C3H10BrO3P. The fourth-order valence-corrected chi connectivity index (χ4v) is 0.712. The van der Waals surface area contributed by atoms with E-state index in [1.54, 1.807) is 6.66 Å². The molecule has 0 aromatic heterocycles. The van der Waals surface area contributed by atoms with Crippen molar-refractivity contribution in [2.24, 2.45) is 0 Å². The van der Waals surface area contributed by atoms with E-state index in [1.807, 2.05) is 0 Å².